The number of ether oxygens (including phenoxy) is 1. The number of aromatic carboxylic acids is 1. The van der Waals surface area contributed by atoms with Gasteiger partial charge in [-0.15, -0.1) is 11.1 Å². The van der Waals surface area contributed by atoms with Gasteiger partial charge < -0.3 is 39.9 Å². The molecule has 2 atom stereocenters. The van der Waals surface area contributed by atoms with Crippen LogP contribution in [0.5, 0.6) is 0 Å². The molecule has 4 aromatic rings. The molecule has 3 N–H and O–H groups in total. The van der Waals surface area contributed by atoms with Crippen LogP contribution >= 0.6 is 0 Å². The molecule has 14 heteroatoms. The molecule has 2 aliphatic heterocycles. The van der Waals surface area contributed by atoms with Crippen molar-refractivity contribution in [2.75, 3.05) is 6.61 Å². The zero-order valence-electron chi connectivity index (χ0n) is 25.1. The Kier molecular flexibility index (Phi) is 16.2. The van der Waals surface area contributed by atoms with Crippen LogP contribution in [0, 0.1) is 12.4 Å². The molecule has 6 rings (SSSR count). The number of nitrogens with zero attached hydrogens (tertiary/aromatic N) is 4. The number of carboxylic acid groups (broad SMARTS) is 1. The summed E-state index contributed by atoms with van der Waals surface area (Å²) in [4.78, 5) is 54.8. The van der Waals surface area contributed by atoms with Gasteiger partial charge in [0.2, 0.25) is 0 Å². The summed E-state index contributed by atoms with van der Waals surface area (Å²) >= 11 is 0. The van der Waals surface area contributed by atoms with Crippen molar-refractivity contribution in [3.05, 3.63) is 104 Å². The van der Waals surface area contributed by atoms with Crippen LogP contribution in [0.4, 0.5) is 0 Å². The Morgan fingerprint density at radius 1 is 0.864 bits per heavy atom. The molecule has 0 saturated heterocycles. The molecule has 44 heavy (non-hydrogen) atoms. The molecule has 12 nitrogen and oxygen atoms in total. The van der Waals surface area contributed by atoms with E-state index in [2.05, 4.69) is 22.4 Å². The molecule has 2 aliphatic rings. The maximum Gasteiger partial charge on any atom is 1.00 e. The summed E-state index contributed by atoms with van der Waals surface area (Å²) < 4.78 is 8.71. The van der Waals surface area contributed by atoms with Gasteiger partial charge in [-0.05, 0) is 20.8 Å². The standard InChI is InChI=1S/C16H15N2O3.C14H11N2O3.2H2O.2Rb/c1-3-21-16(20)13-9-18-10(2)6-11-4-5-17-8-12(11)14(18)7-15(13)19;1-8-4-9-2-3-15-6-10(9)12-5-13(17)11(14(18)19)7-16(8)12;;;;/h4,7-10H,3,6H2,1-2H3;2,5-8H,4H2,1H3,(H,18,19);2*1H2;;/q2*-1;;;2*+1/p-2. The van der Waals surface area contributed by atoms with E-state index in [1.54, 1.807) is 25.5 Å². The third-order valence-corrected chi connectivity index (χ3v) is 7.12. The normalized spacial score (nSPS) is 14.8. The van der Waals surface area contributed by atoms with E-state index in [0.717, 1.165) is 40.8 Å². The van der Waals surface area contributed by atoms with Crippen LogP contribution in [0.25, 0.3) is 22.5 Å². The zero-order valence-corrected chi connectivity index (χ0v) is 34.9. The number of carbonyl (C=O) groups is 2. The van der Waals surface area contributed by atoms with Gasteiger partial charge in [0.1, 0.15) is 11.1 Å². The van der Waals surface area contributed by atoms with E-state index in [9.17, 15) is 19.2 Å². The van der Waals surface area contributed by atoms with Crippen molar-refractivity contribution >= 4 is 11.9 Å². The van der Waals surface area contributed by atoms with E-state index in [0.29, 0.717) is 5.69 Å². The van der Waals surface area contributed by atoms with Crippen molar-refractivity contribution in [2.24, 2.45) is 0 Å². The average Bonchev–Trinajstić information content (AvgIpc) is 2.93. The average molecular weight is 744 g/mol. The van der Waals surface area contributed by atoms with Crippen LogP contribution in [-0.2, 0) is 17.6 Å². The molecule has 0 radical (unpaired) electrons. The molecule has 220 valence electrons. The minimum atomic E-state index is -1.20. The minimum absolute atomic E-state index is 0. The van der Waals surface area contributed by atoms with E-state index in [-0.39, 0.29) is 163 Å². The number of carbonyl (C=O) groups excluding carboxylic acids is 1. The molecular formula is C30H28N4O8Rb2-2. The zero-order chi connectivity index (χ0) is 28.6. The fourth-order valence-electron chi connectivity index (χ4n) is 5.17. The predicted molar refractivity (Wildman–Crippen MR) is 149 cm³/mol. The van der Waals surface area contributed by atoms with Gasteiger partial charge in [0.25, 0.3) is 0 Å². The fraction of sp³-hybridized carbons (Fsp3) is 0.267. The first-order chi connectivity index (χ1) is 19.2. The van der Waals surface area contributed by atoms with Gasteiger partial charge in [-0.1, -0.05) is 48.8 Å². The Labute approximate surface area is 351 Å². The van der Waals surface area contributed by atoms with E-state index >= 15 is 0 Å². The van der Waals surface area contributed by atoms with E-state index in [1.165, 1.54) is 18.3 Å². The predicted octanol–water partition coefficient (Wildman–Crippen LogP) is -2.82. The topological polar surface area (TPSA) is 193 Å². The summed E-state index contributed by atoms with van der Waals surface area (Å²) in [6, 6.07) is 6.76. The van der Waals surface area contributed by atoms with Crippen molar-refractivity contribution in [1.82, 2.24) is 19.1 Å². The van der Waals surface area contributed by atoms with Gasteiger partial charge in [0.05, 0.1) is 6.61 Å². The van der Waals surface area contributed by atoms with Gasteiger partial charge in [-0.25, -0.2) is 9.59 Å². The first kappa shape index (κ1) is 40.7. The molecule has 0 amide bonds. The van der Waals surface area contributed by atoms with Gasteiger partial charge in [-0.3, -0.25) is 9.59 Å². The van der Waals surface area contributed by atoms with Crippen molar-refractivity contribution in [3.63, 3.8) is 0 Å². The summed E-state index contributed by atoms with van der Waals surface area (Å²) in [6.07, 6.45) is 13.6. The van der Waals surface area contributed by atoms with Crippen LogP contribution in [-0.4, -0.2) is 53.7 Å². The van der Waals surface area contributed by atoms with E-state index in [1.807, 2.05) is 35.1 Å². The number of pyridine rings is 4. The number of aromatic nitrogens is 4. The second-order valence-electron chi connectivity index (χ2n) is 9.76. The minimum Gasteiger partial charge on any atom is -0.870 e. The summed E-state index contributed by atoms with van der Waals surface area (Å²) in [5, 5.41) is 9.02. The SMILES string of the molecule is CC1Cc2c[c-]ncc2-c2cc(=O)c(C(=O)O)cn21.CCOC(=O)c1cn2c(cc1=O)-c1cn[c-]cc1CC2C.[OH-].[OH-].[Rb+].[Rb+]. The van der Waals surface area contributed by atoms with Gasteiger partial charge in [0.15, 0.2) is 10.9 Å². The molecule has 0 bridgehead atoms. The molecular weight excluding hydrogens is 715 g/mol. The van der Waals surface area contributed by atoms with Crippen molar-refractivity contribution < 1.29 is 147 Å². The molecule has 0 spiro atoms. The molecule has 0 aromatic carbocycles. The molecule has 0 saturated carbocycles. The summed E-state index contributed by atoms with van der Waals surface area (Å²) in [7, 11) is 0. The Bertz CT molecular complexity index is 1770. The quantitative estimate of drug-likeness (QED) is 0.169. The van der Waals surface area contributed by atoms with Crippen LogP contribution < -0.4 is 127 Å². The number of rotatable bonds is 3. The molecule has 4 aromatic heterocycles. The van der Waals surface area contributed by atoms with Gasteiger partial charge in [-0.2, -0.15) is 12.1 Å². The van der Waals surface area contributed by atoms with Crippen molar-refractivity contribution in [3.8, 4) is 22.5 Å². The Morgan fingerprint density at radius 2 is 1.30 bits per heavy atom. The third-order valence-electron chi connectivity index (χ3n) is 7.12. The molecule has 0 aliphatic carbocycles. The smallest absolute Gasteiger partial charge is 0.870 e. The Morgan fingerprint density at radius 3 is 1.73 bits per heavy atom. The number of fused-ring (bicyclic) bond motifs is 6. The first-order valence-corrected chi connectivity index (χ1v) is 12.8. The number of hydrogen-bond acceptors (Lipinski definition) is 9. The molecule has 0 fully saturated rings. The maximum absolute atomic E-state index is 12.2. The fourth-order valence-corrected chi connectivity index (χ4v) is 5.17. The second kappa shape index (κ2) is 17.5. The third kappa shape index (κ3) is 8.33. The second-order valence-corrected chi connectivity index (χ2v) is 9.76. The summed E-state index contributed by atoms with van der Waals surface area (Å²) in [6.45, 7) is 6.00. The summed E-state index contributed by atoms with van der Waals surface area (Å²) in [5.74, 6) is -1.77. The monoisotopic (exact) mass is 742 g/mol. The van der Waals surface area contributed by atoms with Gasteiger partial charge >= 0.3 is 128 Å². The van der Waals surface area contributed by atoms with Crippen LogP contribution in [0.1, 0.15) is 64.7 Å². The summed E-state index contributed by atoms with van der Waals surface area (Å²) in [5.41, 5.74) is 4.53. The Hall–Kier alpha value is -1.33. The van der Waals surface area contributed by atoms with E-state index in [4.69, 9.17) is 9.84 Å². The maximum atomic E-state index is 12.2. The van der Waals surface area contributed by atoms with Crippen molar-refractivity contribution in [1.29, 1.82) is 0 Å². The van der Waals surface area contributed by atoms with Gasteiger partial charge in [0, 0.05) is 48.0 Å². The molecule has 2 unspecified atom stereocenters. The number of hydrogen-bond donors (Lipinski definition) is 1. The molecule has 6 heterocycles. The number of carboxylic acids is 1. The van der Waals surface area contributed by atoms with Crippen molar-refractivity contribution in [2.45, 2.75) is 45.7 Å². The number of esters is 1. The van der Waals surface area contributed by atoms with Crippen LogP contribution in [0.2, 0.25) is 0 Å². The largest absolute Gasteiger partial charge is 1.00 e. The van der Waals surface area contributed by atoms with E-state index < -0.39 is 17.4 Å². The van der Waals surface area contributed by atoms with Crippen LogP contribution in [0.3, 0.4) is 0 Å². The Balaban J connectivity index is 0.000000405. The van der Waals surface area contributed by atoms with Crippen LogP contribution in [0.15, 0.2) is 58.6 Å². The first-order valence-electron chi connectivity index (χ1n) is 12.8.